The molecule has 4 aliphatic rings. The van der Waals surface area contributed by atoms with E-state index in [0.717, 1.165) is 0 Å². The molecule has 0 spiro atoms. The summed E-state index contributed by atoms with van der Waals surface area (Å²) in [5, 5.41) is 9.31. The number of fused-ring (bicyclic) bond motifs is 1. The number of carbonyl (C=O) groups excluding carboxylic acids is 3. The number of allylic oxidation sites excluding steroid dienone is 1. The molecule has 3 fully saturated rings. The summed E-state index contributed by atoms with van der Waals surface area (Å²) in [4.78, 5) is 65.1. The van der Waals surface area contributed by atoms with Crippen LogP contribution in [0, 0.1) is 6.92 Å². The molecule has 3 saturated heterocycles. The monoisotopic (exact) mass is 520 g/mol. The van der Waals surface area contributed by atoms with Crippen molar-refractivity contribution in [3.63, 3.8) is 0 Å². The van der Waals surface area contributed by atoms with Gasteiger partial charge in [0.05, 0.1) is 6.04 Å². The van der Waals surface area contributed by atoms with Crippen LogP contribution in [0.2, 0.25) is 0 Å². The van der Waals surface area contributed by atoms with Crippen molar-refractivity contribution in [1.29, 1.82) is 0 Å². The molecule has 3 N–H and O–H groups in total. The molecule has 13 nitrogen and oxygen atoms in total. The lowest BCUT2D eigenvalue weighted by molar-refractivity contribution is -0.147. The van der Waals surface area contributed by atoms with E-state index in [1.807, 2.05) is 0 Å². The maximum atomic E-state index is 13.1. The number of hydrogen-bond donors (Lipinski definition) is 2. The highest BCUT2D eigenvalue weighted by atomic mass is 32.2. The van der Waals surface area contributed by atoms with E-state index in [4.69, 9.17) is 19.3 Å². The number of nitrogens with zero attached hydrogens (tertiary/aromatic N) is 3. The molecule has 1 aromatic rings. The number of likely N-dealkylation sites (tertiary alicyclic amines) is 2. The zero-order valence-electron chi connectivity index (χ0n) is 19.3. The van der Waals surface area contributed by atoms with E-state index in [0.29, 0.717) is 42.8 Å². The lowest BCUT2D eigenvalue weighted by Gasteiger charge is -2.47. The zero-order chi connectivity index (χ0) is 25.7. The van der Waals surface area contributed by atoms with Crippen LogP contribution in [0.3, 0.4) is 0 Å². The molecule has 3 atom stereocenters. The van der Waals surface area contributed by atoms with Gasteiger partial charge in [-0.05, 0) is 31.4 Å². The lowest BCUT2D eigenvalue weighted by Crippen LogP contribution is -2.68. The molecule has 0 aromatic carbocycles. The number of hydrogen-bond acceptors (Lipinski definition) is 10. The summed E-state index contributed by atoms with van der Waals surface area (Å²) in [7, 11) is 0. The van der Waals surface area contributed by atoms with Gasteiger partial charge in [-0.25, -0.2) is 14.4 Å². The molecule has 0 bridgehead atoms. The van der Waals surface area contributed by atoms with Gasteiger partial charge in [0.15, 0.2) is 18.1 Å². The Bertz CT molecular complexity index is 1260. The molecule has 14 heteroatoms. The minimum absolute atomic E-state index is 0.123. The molecule has 0 saturated carbocycles. The first-order valence-corrected chi connectivity index (χ1v) is 12.4. The fourth-order valence-electron chi connectivity index (χ4n) is 4.86. The average molecular weight is 521 g/mol. The van der Waals surface area contributed by atoms with Gasteiger partial charge in [0.25, 0.3) is 0 Å². The molecule has 5 rings (SSSR count). The number of aliphatic carboxylic acids is 1. The van der Waals surface area contributed by atoms with Crippen LogP contribution in [-0.4, -0.2) is 86.5 Å². The van der Waals surface area contributed by atoms with Crippen molar-refractivity contribution in [2.24, 2.45) is 5.73 Å². The third-order valence-electron chi connectivity index (χ3n) is 6.77. The van der Waals surface area contributed by atoms with Crippen molar-refractivity contribution in [2.45, 2.75) is 43.8 Å². The third-order valence-corrected chi connectivity index (χ3v) is 8.10. The number of amides is 3. The quantitative estimate of drug-likeness (QED) is 0.394. The summed E-state index contributed by atoms with van der Waals surface area (Å²) in [5.41, 5.74) is 6.54. The van der Waals surface area contributed by atoms with Gasteiger partial charge < -0.3 is 34.2 Å². The average Bonchev–Trinajstić information content (AvgIpc) is 3.55. The number of carbonyl (C=O) groups is 4. The molecule has 0 aliphatic carbocycles. The number of aryl methyl sites for hydroxylation is 1. The summed E-state index contributed by atoms with van der Waals surface area (Å²) in [6, 6.07) is -0.932. The van der Waals surface area contributed by atoms with E-state index in [9.17, 15) is 29.1 Å². The highest BCUT2D eigenvalue weighted by molar-refractivity contribution is 8.00. The molecular weight excluding hydrogens is 496 g/mol. The van der Waals surface area contributed by atoms with Crippen LogP contribution >= 0.6 is 11.8 Å². The Labute approximate surface area is 208 Å². The zero-order valence-corrected chi connectivity index (χ0v) is 20.1. The van der Waals surface area contributed by atoms with E-state index in [1.165, 1.54) is 28.5 Å². The molecule has 192 valence electrons. The topological polar surface area (TPSA) is 177 Å². The minimum Gasteiger partial charge on any atom is -0.477 e. The highest BCUT2D eigenvalue weighted by Crippen LogP contribution is 2.40. The Hall–Kier alpha value is -3.52. The number of ether oxygens (including phenoxy) is 1. The molecule has 5 heterocycles. The van der Waals surface area contributed by atoms with E-state index in [-0.39, 0.29) is 42.3 Å². The fourth-order valence-corrected chi connectivity index (χ4v) is 6.12. The smallest absolute Gasteiger partial charge is 0.477 e. The lowest BCUT2D eigenvalue weighted by atomic mass is 10.0. The van der Waals surface area contributed by atoms with Crippen molar-refractivity contribution < 1.29 is 37.9 Å². The van der Waals surface area contributed by atoms with E-state index in [1.54, 1.807) is 11.0 Å². The Morgan fingerprint density at radius 2 is 2.03 bits per heavy atom. The molecule has 3 unspecified atom stereocenters. The van der Waals surface area contributed by atoms with Crippen LogP contribution in [0.4, 0.5) is 4.79 Å². The second-order valence-corrected chi connectivity index (χ2v) is 10.0. The van der Waals surface area contributed by atoms with Crippen LogP contribution in [0.15, 0.2) is 36.5 Å². The fraction of sp³-hybridized carbons (Fsp3) is 0.500. The maximum Gasteiger partial charge on any atom is 0.519 e. The van der Waals surface area contributed by atoms with Gasteiger partial charge in [-0.3, -0.25) is 14.5 Å². The highest BCUT2D eigenvalue weighted by Gasteiger charge is 2.51. The largest absolute Gasteiger partial charge is 0.519 e. The maximum absolute atomic E-state index is 13.1. The predicted octanol–water partition coefficient (Wildman–Crippen LogP) is -0.00808. The van der Waals surface area contributed by atoms with Gasteiger partial charge in [-0.2, -0.15) is 0 Å². The van der Waals surface area contributed by atoms with Crippen LogP contribution in [0.1, 0.15) is 24.4 Å². The molecular formula is C22H24N4O9S. The van der Waals surface area contributed by atoms with Gasteiger partial charge in [0.1, 0.15) is 17.1 Å². The SMILES string of the molecule is Cc1oc(=O)oc1COC(=O)N1CCC(N2CCC(=CC3=C(C(=O)O)N4C(=O)C(N)C4SC3)C2=O)C1. The summed E-state index contributed by atoms with van der Waals surface area (Å²) < 4.78 is 14.8. The first kappa shape index (κ1) is 24.2. The number of rotatable bonds is 5. The minimum atomic E-state index is -1.23. The number of carboxylic acids is 1. The standard InChI is InChI=1S/C22H24N4O9S/c1-10-14(35-22(32)34-10)8-33-21(31)24-4-3-13(7-24)25-5-2-11(17(25)27)6-12-9-36-19-15(23)18(28)26(19)16(12)20(29)30/h6,13,15,19H,2-5,7-9,23H2,1H3,(H,29,30). The summed E-state index contributed by atoms with van der Waals surface area (Å²) >= 11 is 1.37. The summed E-state index contributed by atoms with van der Waals surface area (Å²) in [5.74, 6) is -2.05. The Kier molecular flexibility index (Phi) is 6.16. The molecule has 4 aliphatic heterocycles. The summed E-state index contributed by atoms with van der Waals surface area (Å²) in [6.45, 7) is 2.41. The van der Waals surface area contributed by atoms with Crippen molar-refractivity contribution in [3.8, 4) is 0 Å². The van der Waals surface area contributed by atoms with E-state index >= 15 is 0 Å². The van der Waals surface area contributed by atoms with Gasteiger partial charge in [-0.1, -0.05) is 0 Å². The van der Waals surface area contributed by atoms with Gasteiger partial charge in [-0.15, -0.1) is 11.8 Å². The second-order valence-electron chi connectivity index (χ2n) is 8.91. The first-order chi connectivity index (χ1) is 17.2. The first-order valence-electron chi connectivity index (χ1n) is 11.3. The Morgan fingerprint density at radius 1 is 1.25 bits per heavy atom. The normalized spacial score (nSPS) is 27.1. The van der Waals surface area contributed by atoms with Crippen molar-refractivity contribution in [3.05, 3.63) is 45.1 Å². The molecule has 0 radical (unpaired) electrons. The Morgan fingerprint density at radius 3 is 2.72 bits per heavy atom. The van der Waals surface area contributed by atoms with E-state index < -0.39 is 35.2 Å². The third kappa shape index (κ3) is 4.09. The van der Waals surface area contributed by atoms with Crippen molar-refractivity contribution in [2.75, 3.05) is 25.4 Å². The van der Waals surface area contributed by atoms with E-state index in [2.05, 4.69) is 0 Å². The number of carboxylic acid groups (broad SMARTS) is 1. The number of thioether (sulfide) groups is 1. The molecule has 1 aromatic heterocycles. The van der Waals surface area contributed by atoms with Gasteiger partial charge >= 0.3 is 17.9 Å². The van der Waals surface area contributed by atoms with Crippen molar-refractivity contribution in [1.82, 2.24) is 14.7 Å². The van der Waals surface area contributed by atoms with Crippen molar-refractivity contribution >= 4 is 35.6 Å². The molecule has 3 amide bonds. The molecule has 36 heavy (non-hydrogen) atoms. The van der Waals surface area contributed by atoms with Crippen LogP contribution in [0.5, 0.6) is 0 Å². The Balaban J connectivity index is 1.23. The summed E-state index contributed by atoms with van der Waals surface area (Å²) in [6.07, 6.45) is 1.98. The van der Waals surface area contributed by atoms with Crippen LogP contribution in [-0.2, 0) is 25.7 Å². The van der Waals surface area contributed by atoms with Gasteiger partial charge in [0.2, 0.25) is 11.8 Å². The van der Waals surface area contributed by atoms with Gasteiger partial charge in [0, 0.05) is 31.0 Å². The van der Waals surface area contributed by atoms with Crippen LogP contribution in [0.25, 0.3) is 0 Å². The van der Waals surface area contributed by atoms with Crippen LogP contribution < -0.4 is 11.6 Å². The number of nitrogens with two attached hydrogens (primary N) is 1. The predicted molar refractivity (Wildman–Crippen MR) is 122 cm³/mol. The number of β-lactam (4-membered cyclic amide) rings is 1. The second kappa shape index (κ2) is 9.17.